The monoisotopic (exact) mass is 312 g/mol. The molecular weight excluding hydrogens is 292 g/mol. The summed E-state index contributed by atoms with van der Waals surface area (Å²) in [6.45, 7) is 2.42. The number of aromatic nitrogens is 1. The zero-order valence-corrected chi connectivity index (χ0v) is 13.0. The molecule has 0 spiro atoms. The van der Waals surface area contributed by atoms with E-state index >= 15 is 0 Å². The highest BCUT2D eigenvalue weighted by molar-refractivity contribution is 5.94. The molecule has 1 aliphatic heterocycles. The normalized spacial score (nSPS) is 13.8. The van der Waals surface area contributed by atoms with E-state index in [2.05, 4.69) is 9.88 Å². The molecule has 1 aromatic heterocycles. The molecule has 1 fully saturated rings. The van der Waals surface area contributed by atoms with Crippen LogP contribution in [-0.2, 0) is 4.74 Å². The fourth-order valence-electron chi connectivity index (χ4n) is 2.63. The fourth-order valence-corrected chi connectivity index (χ4v) is 2.63. The van der Waals surface area contributed by atoms with E-state index < -0.39 is 0 Å². The highest BCUT2D eigenvalue weighted by Crippen LogP contribution is 2.22. The van der Waals surface area contributed by atoms with E-state index in [9.17, 15) is 4.79 Å². The van der Waals surface area contributed by atoms with Gasteiger partial charge in [-0.25, -0.2) is 9.78 Å². The third kappa shape index (κ3) is 4.00. The standard InChI is InChI=1S/C18H20N2O3/c21-18(23-14-13-22-15-7-2-1-3-8-15)16-9-6-10-19-17(16)20-11-4-5-12-20/h1-3,6-10H,4-5,11-14H2. The summed E-state index contributed by atoms with van der Waals surface area (Å²) in [6, 6.07) is 13.0. The third-order valence-corrected chi connectivity index (χ3v) is 3.74. The molecule has 1 aliphatic rings. The maximum Gasteiger partial charge on any atom is 0.342 e. The summed E-state index contributed by atoms with van der Waals surface area (Å²) in [4.78, 5) is 18.8. The second kappa shape index (κ2) is 7.63. The first-order valence-corrected chi connectivity index (χ1v) is 7.89. The number of carbonyl (C=O) groups is 1. The predicted octanol–water partition coefficient (Wildman–Crippen LogP) is 2.92. The Morgan fingerprint density at radius 3 is 2.61 bits per heavy atom. The van der Waals surface area contributed by atoms with Crippen LogP contribution in [0.5, 0.6) is 5.75 Å². The van der Waals surface area contributed by atoms with Crippen molar-refractivity contribution in [3.05, 3.63) is 54.2 Å². The summed E-state index contributed by atoms with van der Waals surface area (Å²) in [6.07, 6.45) is 3.98. The molecule has 0 saturated carbocycles. The van der Waals surface area contributed by atoms with Gasteiger partial charge in [-0.05, 0) is 37.1 Å². The number of hydrogen-bond donors (Lipinski definition) is 0. The Kier molecular flexibility index (Phi) is 5.09. The van der Waals surface area contributed by atoms with Crippen molar-refractivity contribution in [2.75, 3.05) is 31.2 Å². The molecule has 0 unspecified atom stereocenters. The van der Waals surface area contributed by atoms with Crippen LogP contribution in [0.1, 0.15) is 23.2 Å². The smallest absolute Gasteiger partial charge is 0.342 e. The molecule has 2 aromatic rings. The van der Waals surface area contributed by atoms with Gasteiger partial charge in [0.25, 0.3) is 0 Å². The number of rotatable bonds is 6. The second-order valence-electron chi connectivity index (χ2n) is 5.37. The SMILES string of the molecule is O=C(OCCOc1ccccc1)c1cccnc1N1CCCC1. The summed E-state index contributed by atoms with van der Waals surface area (Å²) in [5.74, 6) is 1.14. The van der Waals surface area contributed by atoms with Gasteiger partial charge in [0, 0.05) is 19.3 Å². The van der Waals surface area contributed by atoms with Crippen molar-refractivity contribution in [2.24, 2.45) is 0 Å². The van der Waals surface area contributed by atoms with Crippen molar-refractivity contribution in [3.63, 3.8) is 0 Å². The second-order valence-corrected chi connectivity index (χ2v) is 5.37. The van der Waals surface area contributed by atoms with Crippen LogP contribution in [0.25, 0.3) is 0 Å². The number of hydrogen-bond acceptors (Lipinski definition) is 5. The summed E-state index contributed by atoms with van der Waals surface area (Å²) < 4.78 is 10.8. The molecule has 3 rings (SSSR count). The Labute approximate surface area is 135 Å². The quantitative estimate of drug-likeness (QED) is 0.606. The van der Waals surface area contributed by atoms with Gasteiger partial charge in [0.2, 0.25) is 0 Å². The van der Waals surface area contributed by atoms with E-state index in [0.717, 1.165) is 37.5 Å². The van der Waals surface area contributed by atoms with Crippen LogP contribution in [0.2, 0.25) is 0 Å². The Bertz CT molecular complexity index is 640. The summed E-state index contributed by atoms with van der Waals surface area (Å²) >= 11 is 0. The van der Waals surface area contributed by atoms with Gasteiger partial charge in [-0.3, -0.25) is 0 Å². The minimum Gasteiger partial charge on any atom is -0.490 e. The van der Waals surface area contributed by atoms with E-state index in [-0.39, 0.29) is 12.6 Å². The molecule has 120 valence electrons. The van der Waals surface area contributed by atoms with Gasteiger partial charge in [-0.2, -0.15) is 0 Å². The van der Waals surface area contributed by atoms with E-state index in [1.54, 1.807) is 18.3 Å². The Morgan fingerprint density at radius 2 is 1.83 bits per heavy atom. The van der Waals surface area contributed by atoms with Gasteiger partial charge in [0.05, 0.1) is 0 Å². The van der Waals surface area contributed by atoms with Crippen LogP contribution in [-0.4, -0.2) is 37.3 Å². The van der Waals surface area contributed by atoms with Gasteiger partial charge in [-0.15, -0.1) is 0 Å². The number of benzene rings is 1. The largest absolute Gasteiger partial charge is 0.490 e. The molecule has 1 aromatic carbocycles. The molecule has 0 N–H and O–H groups in total. The molecule has 0 amide bonds. The fraction of sp³-hybridized carbons (Fsp3) is 0.333. The number of nitrogens with zero attached hydrogens (tertiary/aromatic N) is 2. The summed E-state index contributed by atoms with van der Waals surface area (Å²) in [5.41, 5.74) is 0.522. The zero-order chi connectivity index (χ0) is 15.9. The molecule has 2 heterocycles. The Morgan fingerprint density at radius 1 is 1.04 bits per heavy atom. The molecule has 0 aliphatic carbocycles. The van der Waals surface area contributed by atoms with E-state index in [1.165, 1.54) is 0 Å². The van der Waals surface area contributed by atoms with Crippen LogP contribution in [0.3, 0.4) is 0 Å². The minimum absolute atomic E-state index is 0.210. The van der Waals surface area contributed by atoms with Crippen LogP contribution in [0.15, 0.2) is 48.7 Å². The van der Waals surface area contributed by atoms with Crippen molar-refractivity contribution in [2.45, 2.75) is 12.8 Å². The molecule has 1 saturated heterocycles. The van der Waals surface area contributed by atoms with Crippen LogP contribution in [0.4, 0.5) is 5.82 Å². The summed E-state index contributed by atoms with van der Waals surface area (Å²) in [5, 5.41) is 0. The molecular formula is C18H20N2O3. The van der Waals surface area contributed by atoms with Gasteiger partial charge in [0.15, 0.2) is 0 Å². The van der Waals surface area contributed by atoms with Crippen LogP contribution < -0.4 is 9.64 Å². The predicted molar refractivity (Wildman–Crippen MR) is 87.9 cm³/mol. The lowest BCUT2D eigenvalue weighted by Gasteiger charge is -2.19. The lowest BCUT2D eigenvalue weighted by Crippen LogP contribution is -2.23. The number of pyridine rings is 1. The number of para-hydroxylation sites is 1. The first kappa shape index (κ1) is 15.3. The number of carbonyl (C=O) groups excluding carboxylic acids is 1. The Balaban J connectivity index is 1.54. The van der Waals surface area contributed by atoms with Gasteiger partial charge in [-0.1, -0.05) is 18.2 Å². The van der Waals surface area contributed by atoms with Gasteiger partial charge in [0.1, 0.15) is 30.3 Å². The number of anilines is 1. The number of esters is 1. The average molecular weight is 312 g/mol. The highest BCUT2D eigenvalue weighted by atomic mass is 16.6. The third-order valence-electron chi connectivity index (χ3n) is 3.74. The molecule has 0 atom stereocenters. The van der Waals surface area contributed by atoms with Gasteiger partial charge >= 0.3 is 5.97 Å². The average Bonchev–Trinajstić information content (AvgIpc) is 3.14. The number of ether oxygens (including phenoxy) is 2. The van der Waals surface area contributed by atoms with Crippen molar-refractivity contribution in [1.29, 1.82) is 0 Å². The Hall–Kier alpha value is -2.56. The lowest BCUT2D eigenvalue weighted by atomic mass is 10.2. The van der Waals surface area contributed by atoms with Gasteiger partial charge < -0.3 is 14.4 Å². The molecule has 5 heteroatoms. The lowest BCUT2D eigenvalue weighted by molar-refractivity contribution is 0.0451. The molecule has 5 nitrogen and oxygen atoms in total. The topological polar surface area (TPSA) is 51.7 Å². The molecule has 0 radical (unpaired) electrons. The first-order chi connectivity index (χ1) is 11.3. The van der Waals surface area contributed by atoms with Crippen LogP contribution >= 0.6 is 0 Å². The maximum absolute atomic E-state index is 12.3. The van der Waals surface area contributed by atoms with Crippen LogP contribution in [0, 0.1) is 0 Å². The van der Waals surface area contributed by atoms with E-state index in [1.807, 2.05) is 30.3 Å². The van der Waals surface area contributed by atoms with Crippen molar-refractivity contribution >= 4 is 11.8 Å². The van der Waals surface area contributed by atoms with Crippen molar-refractivity contribution in [3.8, 4) is 5.75 Å². The van der Waals surface area contributed by atoms with E-state index in [4.69, 9.17) is 9.47 Å². The summed E-state index contributed by atoms with van der Waals surface area (Å²) in [7, 11) is 0. The highest BCUT2D eigenvalue weighted by Gasteiger charge is 2.21. The zero-order valence-electron chi connectivity index (χ0n) is 13.0. The van der Waals surface area contributed by atoms with E-state index in [0.29, 0.717) is 12.2 Å². The minimum atomic E-state index is -0.350. The molecule has 23 heavy (non-hydrogen) atoms. The molecule has 0 bridgehead atoms. The van der Waals surface area contributed by atoms with Crippen molar-refractivity contribution < 1.29 is 14.3 Å². The maximum atomic E-state index is 12.3. The van der Waals surface area contributed by atoms with Crippen molar-refractivity contribution in [1.82, 2.24) is 4.98 Å². The first-order valence-electron chi connectivity index (χ1n) is 7.89.